The van der Waals surface area contributed by atoms with E-state index in [0.717, 1.165) is 32.0 Å². The predicted molar refractivity (Wildman–Crippen MR) is 95.8 cm³/mol. The summed E-state index contributed by atoms with van der Waals surface area (Å²) in [6.45, 7) is 14.9. The van der Waals surface area contributed by atoms with Crippen molar-refractivity contribution < 1.29 is 9.53 Å². The number of carbonyl (C=O) groups is 1. The molecule has 1 saturated carbocycles. The molecule has 1 amide bonds. The zero-order valence-electron chi connectivity index (χ0n) is 15.8. The van der Waals surface area contributed by atoms with Crippen LogP contribution in [0.3, 0.4) is 0 Å². The fourth-order valence-corrected chi connectivity index (χ4v) is 2.92. The molecule has 1 aliphatic heterocycles. The molecule has 5 heteroatoms. The Kier molecular flexibility index (Phi) is 8.92. The summed E-state index contributed by atoms with van der Waals surface area (Å²) in [6.07, 6.45) is 5.66. The number of alkyl carbamates (subject to hydrolysis) is 1. The van der Waals surface area contributed by atoms with Gasteiger partial charge in [0, 0.05) is 38.3 Å². The predicted octanol–water partition coefficient (Wildman–Crippen LogP) is 3.14. The van der Waals surface area contributed by atoms with E-state index in [2.05, 4.69) is 29.4 Å². The van der Waals surface area contributed by atoms with E-state index in [4.69, 9.17) is 4.74 Å². The van der Waals surface area contributed by atoms with Crippen molar-refractivity contribution in [3.8, 4) is 0 Å². The van der Waals surface area contributed by atoms with E-state index < -0.39 is 5.60 Å². The van der Waals surface area contributed by atoms with Crippen LogP contribution in [0.2, 0.25) is 0 Å². The van der Waals surface area contributed by atoms with E-state index in [1.54, 1.807) is 0 Å². The topological polar surface area (TPSA) is 53.6 Å². The Morgan fingerprint density at radius 1 is 1.13 bits per heavy atom. The Labute approximate surface area is 142 Å². The van der Waals surface area contributed by atoms with E-state index in [1.807, 2.05) is 20.8 Å². The molecule has 23 heavy (non-hydrogen) atoms. The van der Waals surface area contributed by atoms with Crippen molar-refractivity contribution in [3.05, 3.63) is 0 Å². The van der Waals surface area contributed by atoms with Gasteiger partial charge in [0.25, 0.3) is 0 Å². The van der Waals surface area contributed by atoms with Gasteiger partial charge in [0.2, 0.25) is 0 Å². The highest BCUT2D eigenvalue weighted by atomic mass is 16.6. The van der Waals surface area contributed by atoms with E-state index in [9.17, 15) is 4.79 Å². The number of hydrogen-bond acceptors (Lipinski definition) is 4. The first-order valence-corrected chi connectivity index (χ1v) is 9.22. The van der Waals surface area contributed by atoms with Crippen molar-refractivity contribution in [1.29, 1.82) is 0 Å². The molecule has 1 saturated heterocycles. The zero-order valence-corrected chi connectivity index (χ0v) is 15.8. The molecule has 0 aromatic heterocycles. The number of carbonyl (C=O) groups excluding carboxylic acids is 1. The molecule has 2 rings (SSSR count). The molecule has 2 fully saturated rings. The Morgan fingerprint density at radius 3 is 2.13 bits per heavy atom. The van der Waals surface area contributed by atoms with Gasteiger partial charge in [-0.2, -0.15) is 0 Å². The number of ether oxygens (including phenoxy) is 1. The molecule has 136 valence electrons. The second-order valence-electron chi connectivity index (χ2n) is 7.86. The molecular weight excluding hydrogens is 290 g/mol. The number of nitrogens with one attached hydrogen (secondary N) is 2. The second-order valence-corrected chi connectivity index (χ2v) is 7.86. The first-order chi connectivity index (χ1) is 10.8. The van der Waals surface area contributed by atoms with Crippen LogP contribution in [0.15, 0.2) is 0 Å². The van der Waals surface area contributed by atoms with Gasteiger partial charge in [0.05, 0.1) is 0 Å². The van der Waals surface area contributed by atoms with Crippen molar-refractivity contribution in [3.63, 3.8) is 0 Å². The maximum Gasteiger partial charge on any atom is 0.407 e. The molecule has 5 nitrogen and oxygen atoms in total. The normalized spacial score (nSPS) is 20.6. The lowest BCUT2D eigenvalue weighted by molar-refractivity contribution is 0.0493. The molecule has 0 bridgehead atoms. The van der Waals surface area contributed by atoms with Crippen LogP contribution in [0.4, 0.5) is 4.79 Å². The first-order valence-electron chi connectivity index (χ1n) is 9.22. The third-order valence-electron chi connectivity index (χ3n) is 4.21. The average Bonchev–Trinajstić information content (AvgIpc) is 2.48. The highest BCUT2D eigenvalue weighted by Crippen LogP contribution is 2.18. The number of amides is 1. The van der Waals surface area contributed by atoms with E-state index >= 15 is 0 Å². The average molecular weight is 328 g/mol. The quantitative estimate of drug-likeness (QED) is 0.818. The van der Waals surface area contributed by atoms with Crippen LogP contribution in [0.25, 0.3) is 0 Å². The summed E-state index contributed by atoms with van der Waals surface area (Å²) < 4.78 is 5.19. The fraction of sp³-hybridized carbons (Fsp3) is 0.944. The molecule has 0 aromatic carbocycles. The van der Waals surface area contributed by atoms with Crippen molar-refractivity contribution >= 4 is 6.09 Å². The van der Waals surface area contributed by atoms with Crippen molar-refractivity contribution in [1.82, 2.24) is 15.5 Å². The summed E-state index contributed by atoms with van der Waals surface area (Å²) in [4.78, 5) is 13.9. The molecule has 1 heterocycles. The molecule has 0 atom stereocenters. The highest BCUT2D eigenvalue weighted by Gasteiger charge is 2.20. The molecule has 0 spiro atoms. The third kappa shape index (κ3) is 9.82. The minimum absolute atomic E-state index is 0.274. The SMILES string of the molecule is CC(C)(C)OC(=O)NC1CCCCC1.CC(C)N1CCNCC1. The van der Waals surface area contributed by atoms with Gasteiger partial charge >= 0.3 is 6.09 Å². The molecule has 2 aliphatic rings. The first kappa shape index (κ1) is 20.2. The maximum absolute atomic E-state index is 11.4. The van der Waals surface area contributed by atoms with Crippen molar-refractivity contribution in [2.75, 3.05) is 26.2 Å². The van der Waals surface area contributed by atoms with Gasteiger partial charge in [-0.25, -0.2) is 4.79 Å². The van der Waals surface area contributed by atoms with Crippen LogP contribution in [0, 0.1) is 0 Å². The molecule has 0 radical (unpaired) electrons. The molecule has 0 unspecified atom stereocenters. The van der Waals surface area contributed by atoms with Crippen LogP contribution in [-0.2, 0) is 4.74 Å². The molecule has 0 aromatic rings. The summed E-state index contributed by atoms with van der Waals surface area (Å²) in [5, 5.41) is 6.24. The van der Waals surface area contributed by atoms with Crippen molar-refractivity contribution in [2.45, 2.75) is 84.4 Å². The summed E-state index contributed by atoms with van der Waals surface area (Å²) in [7, 11) is 0. The van der Waals surface area contributed by atoms with Crippen LogP contribution in [0.1, 0.15) is 66.7 Å². The van der Waals surface area contributed by atoms with Gasteiger partial charge in [-0.3, -0.25) is 4.90 Å². The fourth-order valence-electron chi connectivity index (χ4n) is 2.92. The molecular formula is C18H37N3O2. The molecule has 2 N–H and O–H groups in total. The van der Waals surface area contributed by atoms with Crippen LogP contribution in [-0.4, -0.2) is 54.9 Å². The smallest absolute Gasteiger partial charge is 0.407 e. The summed E-state index contributed by atoms with van der Waals surface area (Å²) in [6, 6.07) is 1.06. The van der Waals surface area contributed by atoms with E-state index in [1.165, 1.54) is 32.4 Å². The van der Waals surface area contributed by atoms with Gasteiger partial charge in [0.1, 0.15) is 5.60 Å². The lowest BCUT2D eigenvalue weighted by atomic mass is 9.96. The van der Waals surface area contributed by atoms with Crippen LogP contribution in [0.5, 0.6) is 0 Å². The zero-order chi connectivity index (χ0) is 17.3. The molecule has 1 aliphatic carbocycles. The van der Waals surface area contributed by atoms with Crippen LogP contribution >= 0.6 is 0 Å². The lowest BCUT2D eigenvalue weighted by Gasteiger charge is -2.30. The summed E-state index contributed by atoms with van der Waals surface area (Å²) >= 11 is 0. The van der Waals surface area contributed by atoms with Gasteiger partial charge in [-0.15, -0.1) is 0 Å². The highest BCUT2D eigenvalue weighted by molar-refractivity contribution is 5.68. The number of piperazine rings is 1. The Morgan fingerprint density at radius 2 is 1.70 bits per heavy atom. The Hall–Kier alpha value is -0.810. The van der Waals surface area contributed by atoms with Crippen molar-refractivity contribution in [2.24, 2.45) is 0 Å². The second kappa shape index (κ2) is 10.1. The number of nitrogens with zero attached hydrogens (tertiary/aromatic N) is 1. The van der Waals surface area contributed by atoms with Gasteiger partial charge in [0.15, 0.2) is 0 Å². The van der Waals surface area contributed by atoms with Gasteiger partial charge in [-0.1, -0.05) is 19.3 Å². The number of hydrogen-bond donors (Lipinski definition) is 2. The van der Waals surface area contributed by atoms with E-state index in [0.29, 0.717) is 6.04 Å². The maximum atomic E-state index is 11.4. The van der Waals surface area contributed by atoms with E-state index in [-0.39, 0.29) is 6.09 Å². The Balaban J connectivity index is 0.000000253. The number of rotatable bonds is 2. The summed E-state index contributed by atoms with van der Waals surface area (Å²) in [5.41, 5.74) is -0.390. The minimum Gasteiger partial charge on any atom is -0.444 e. The third-order valence-corrected chi connectivity index (χ3v) is 4.21. The lowest BCUT2D eigenvalue weighted by Crippen LogP contribution is -2.46. The minimum atomic E-state index is -0.390. The monoisotopic (exact) mass is 327 g/mol. The summed E-state index contributed by atoms with van der Waals surface area (Å²) in [5.74, 6) is 0. The van der Waals surface area contributed by atoms with Gasteiger partial charge in [-0.05, 0) is 47.5 Å². The largest absolute Gasteiger partial charge is 0.444 e. The standard InChI is InChI=1S/C11H21NO2.C7H16N2/c1-11(2,3)14-10(13)12-9-7-5-4-6-8-9;1-7(2)9-5-3-8-4-6-9/h9H,4-8H2,1-3H3,(H,12,13);7-8H,3-6H2,1-2H3. The Bertz CT molecular complexity index is 328. The van der Waals surface area contributed by atoms with Gasteiger partial charge < -0.3 is 15.4 Å². The van der Waals surface area contributed by atoms with Crippen LogP contribution < -0.4 is 10.6 Å².